The highest BCUT2D eigenvalue weighted by Crippen LogP contribution is 2.31. The predicted octanol–water partition coefficient (Wildman–Crippen LogP) is 1.97. The Morgan fingerprint density at radius 3 is 2.67 bits per heavy atom. The first kappa shape index (κ1) is 16.2. The summed E-state index contributed by atoms with van der Waals surface area (Å²) in [5.74, 6) is -0.107. The molecule has 0 amide bonds. The van der Waals surface area contributed by atoms with E-state index in [1.54, 1.807) is 0 Å². The number of hydrogen-bond donors (Lipinski definition) is 1. The maximum Gasteiger partial charge on any atom is 0.166 e. The van der Waals surface area contributed by atoms with Crippen LogP contribution in [0.2, 0.25) is 0 Å². The first-order chi connectivity index (χ1) is 9.93. The van der Waals surface area contributed by atoms with Crippen molar-refractivity contribution in [3.63, 3.8) is 0 Å². The molecule has 2 N–H and O–H groups in total. The van der Waals surface area contributed by atoms with E-state index in [0.717, 1.165) is 18.4 Å². The second kappa shape index (κ2) is 6.71. The van der Waals surface area contributed by atoms with Crippen LogP contribution in [0.3, 0.4) is 0 Å². The van der Waals surface area contributed by atoms with Crippen molar-refractivity contribution in [1.29, 1.82) is 0 Å². The van der Waals surface area contributed by atoms with Crippen LogP contribution in [0, 0.1) is 5.92 Å². The maximum atomic E-state index is 12.7. The Morgan fingerprint density at radius 2 is 2.00 bits per heavy atom. The molecular weight excluding hydrogens is 286 g/mol. The van der Waals surface area contributed by atoms with Gasteiger partial charge in [-0.15, -0.1) is 0 Å². The first-order valence-electron chi connectivity index (χ1n) is 7.44. The molecule has 2 rings (SSSR count). The molecule has 0 aliphatic heterocycles. The number of rotatable bonds is 5. The van der Waals surface area contributed by atoms with Gasteiger partial charge in [0.05, 0.1) is 5.25 Å². The van der Waals surface area contributed by atoms with Crippen LogP contribution in [0.1, 0.15) is 41.6 Å². The summed E-state index contributed by atoms with van der Waals surface area (Å²) in [6, 6.07) is 7.51. The summed E-state index contributed by atoms with van der Waals surface area (Å²) < 4.78 is 23.5. The van der Waals surface area contributed by atoms with Gasteiger partial charge < -0.3 is 5.73 Å². The average molecular weight is 309 g/mol. The Labute approximate surface area is 126 Å². The van der Waals surface area contributed by atoms with E-state index in [4.69, 9.17) is 5.73 Å². The van der Waals surface area contributed by atoms with E-state index < -0.39 is 9.84 Å². The molecule has 1 fully saturated rings. The number of hydrogen-bond acceptors (Lipinski definition) is 4. The van der Waals surface area contributed by atoms with E-state index in [1.807, 2.05) is 24.3 Å². The van der Waals surface area contributed by atoms with Crippen LogP contribution < -0.4 is 5.73 Å². The van der Waals surface area contributed by atoms with Crippen LogP contribution in [0.4, 0.5) is 0 Å². The zero-order valence-corrected chi connectivity index (χ0v) is 13.2. The lowest BCUT2D eigenvalue weighted by Crippen LogP contribution is -2.31. The minimum Gasteiger partial charge on any atom is -0.330 e. The molecule has 1 aromatic carbocycles. The van der Waals surface area contributed by atoms with Crippen molar-refractivity contribution in [2.75, 3.05) is 12.8 Å². The topological polar surface area (TPSA) is 77.2 Å². The number of carbonyl (C=O) groups is 1. The van der Waals surface area contributed by atoms with Crippen molar-refractivity contribution in [2.45, 2.75) is 37.4 Å². The fourth-order valence-corrected chi connectivity index (χ4v) is 4.30. The number of ketones is 1. The summed E-state index contributed by atoms with van der Waals surface area (Å²) in [6.45, 7) is 0.501. The summed E-state index contributed by atoms with van der Waals surface area (Å²) >= 11 is 0. The van der Waals surface area contributed by atoms with Crippen molar-refractivity contribution in [3.05, 3.63) is 35.4 Å². The third-order valence-electron chi connectivity index (χ3n) is 4.30. The molecule has 0 aromatic heterocycles. The predicted molar refractivity (Wildman–Crippen MR) is 84.1 cm³/mol. The summed E-state index contributed by atoms with van der Waals surface area (Å²) in [5.41, 5.74) is 7.27. The van der Waals surface area contributed by atoms with Crippen molar-refractivity contribution in [3.8, 4) is 0 Å². The molecule has 1 aromatic rings. The Morgan fingerprint density at radius 1 is 1.29 bits per heavy atom. The van der Waals surface area contributed by atoms with E-state index >= 15 is 0 Å². The highest BCUT2D eigenvalue weighted by molar-refractivity contribution is 7.91. The van der Waals surface area contributed by atoms with Gasteiger partial charge in [-0.25, -0.2) is 8.42 Å². The van der Waals surface area contributed by atoms with E-state index in [9.17, 15) is 13.2 Å². The second-order valence-electron chi connectivity index (χ2n) is 5.88. The van der Waals surface area contributed by atoms with Crippen LogP contribution in [0.15, 0.2) is 24.3 Å². The molecule has 0 heterocycles. The number of Topliss-reactive ketones (excluding diaryl/α,β-unsaturated/α-hetero) is 1. The zero-order chi connectivity index (χ0) is 15.5. The van der Waals surface area contributed by atoms with Crippen LogP contribution >= 0.6 is 0 Å². The van der Waals surface area contributed by atoms with Gasteiger partial charge in [0.15, 0.2) is 5.78 Å². The molecular formula is C16H23NO3S. The molecule has 116 valence electrons. The Bertz CT molecular complexity index is 610. The minimum atomic E-state index is -3.07. The van der Waals surface area contributed by atoms with Crippen LogP contribution in [-0.4, -0.2) is 32.3 Å². The zero-order valence-electron chi connectivity index (χ0n) is 12.4. The van der Waals surface area contributed by atoms with Gasteiger partial charge in [0.25, 0.3) is 0 Å². The van der Waals surface area contributed by atoms with E-state index in [0.29, 0.717) is 31.4 Å². The molecule has 0 bridgehead atoms. The first-order valence-corrected chi connectivity index (χ1v) is 9.40. The monoisotopic (exact) mass is 309 g/mol. The SMILES string of the molecule is CS(=O)(=O)C1CCCC(C(=O)c2ccccc2CCN)C1. The molecule has 2 unspecified atom stereocenters. The highest BCUT2D eigenvalue weighted by Gasteiger charge is 2.33. The Kier molecular flexibility index (Phi) is 5.17. The largest absolute Gasteiger partial charge is 0.330 e. The third-order valence-corrected chi connectivity index (χ3v) is 5.94. The maximum absolute atomic E-state index is 12.7. The van der Waals surface area contributed by atoms with Gasteiger partial charge in [0.2, 0.25) is 0 Å². The molecule has 1 saturated carbocycles. The molecule has 4 nitrogen and oxygen atoms in total. The van der Waals surface area contributed by atoms with Crippen molar-refractivity contribution >= 4 is 15.6 Å². The molecule has 1 aliphatic rings. The van der Waals surface area contributed by atoms with Gasteiger partial charge in [0, 0.05) is 17.7 Å². The van der Waals surface area contributed by atoms with Gasteiger partial charge in [-0.2, -0.15) is 0 Å². The summed E-state index contributed by atoms with van der Waals surface area (Å²) in [6.07, 6.45) is 4.65. The summed E-state index contributed by atoms with van der Waals surface area (Å²) in [5, 5.41) is -0.373. The average Bonchev–Trinajstić information content (AvgIpc) is 2.47. The molecule has 0 saturated heterocycles. The van der Waals surface area contributed by atoms with Gasteiger partial charge in [-0.05, 0) is 37.8 Å². The minimum absolute atomic E-state index is 0.0763. The van der Waals surface area contributed by atoms with E-state index in [1.165, 1.54) is 6.26 Å². The summed E-state index contributed by atoms with van der Waals surface area (Å²) in [4.78, 5) is 12.7. The van der Waals surface area contributed by atoms with Crippen molar-refractivity contribution in [2.24, 2.45) is 11.7 Å². The normalized spacial score (nSPS) is 23.0. The standard InChI is InChI=1S/C16H23NO3S/c1-21(19,20)14-7-4-6-13(11-14)16(18)15-8-3-2-5-12(15)9-10-17/h2-3,5,8,13-14H,4,6-7,9-11,17H2,1H3. The van der Waals surface area contributed by atoms with E-state index in [-0.39, 0.29) is 17.0 Å². The van der Waals surface area contributed by atoms with Crippen molar-refractivity contribution < 1.29 is 13.2 Å². The van der Waals surface area contributed by atoms with Crippen LogP contribution in [0.25, 0.3) is 0 Å². The second-order valence-corrected chi connectivity index (χ2v) is 8.20. The highest BCUT2D eigenvalue weighted by atomic mass is 32.2. The Hall–Kier alpha value is -1.20. The number of benzene rings is 1. The van der Waals surface area contributed by atoms with Crippen LogP contribution in [-0.2, 0) is 16.3 Å². The molecule has 21 heavy (non-hydrogen) atoms. The fourth-order valence-electron chi connectivity index (χ4n) is 3.13. The quantitative estimate of drug-likeness (QED) is 0.844. The fraction of sp³-hybridized carbons (Fsp3) is 0.562. The Balaban J connectivity index is 2.20. The lowest BCUT2D eigenvalue weighted by atomic mass is 9.82. The lowest BCUT2D eigenvalue weighted by Gasteiger charge is -2.27. The number of sulfone groups is 1. The van der Waals surface area contributed by atoms with Gasteiger partial charge in [0.1, 0.15) is 9.84 Å². The molecule has 0 spiro atoms. The smallest absolute Gasteiger partial charge is 0.166 e. The summed E-state index contributed by atoms with van der Waals surface area (Å²) in [7, 11) is -3.07. The molecule has 0 radical (unpaired) electrons. The molecule has 1 aliphatic carbocycles. The van der Waals surface area contributed by atoms with Crippen molar-refractivity contribution in [1.82, 2.24) is 0 Å². The number of carbonyl (C=O) groups excluding carboxylic acids is 1. The van der Waals surface area contributed by atoms with Crippen LogP contribution in [0.5, 0.6) is 0 Å². The van der Waals surface area contributed by atoms with Gasteiger partial charge in [-0.3, -0.25) is 4.79 Å². The molecule has 2 atom stereocenters. The third kappa shape index (κ3) is 3.92. The molecule has 5 heteroatoms. The lowest BCUT2D eigenvalue weighted by molar-refractivity contribution is 0.0890. The number of nitrogens with two attached hydrogens (primary N) is 1. The van der Waals surface area contributed by atoms with Gasteiger partial charge >= 0.3 is 0 Å². The van der Waals surface area contributed by atoms with E-state index in [2.05, 4.69) is 0 Å². The van der Waals surface area contributed by atoms with Gasteiger partial charge in [-0.1, -0.05) is 30.7 Å².